The minimum absolute atomic E-state index is 0.0806. The lowest BCUT2D eigenvalue weighted by atomic mass is 9.94. The standard InChI is InChI=1S/C24H29N5O2/c1-3-21(16-8-6-5-7-9-16)28-24(31)20-14-25-23-19(15-26-29(23)4-2)22(20)27-17-10-12-18(30)13-11-17/h5-9,14-15,17,21H,3-4,10-13H2,1-2H3,(H,25,27)(H,28,31)/t21-/m1/s1. The molecule has 162 valence electrons. The number of carbonyl (C=O) groups excluding carboxylic acids is 2. The van der Waals surface area contributed by atoms with Gasteiger partial charge in [-0.3, -0.25) is 9.59 Å². The van der Waals surface area contributed by atoms with Crippen LogP contribution in [0.4, 0.5) is 5.69 Å². The van der Waals surface area contributed by atoms with Gasteiger partial charge in [0.2, 0.25) is 0 Å². The average molecular weight is 420 g/mol. The number of fused-ring (bicyclic) bond motifs is 1. The zero-order chi connectivity index (χ0) is 21.8. The number of benzene rings is 1. The Labute approximate surface area is 182 Å². The zero-order valence-corrected chi connectivity index (χ0v) is 18.1. The van der Waals surface area contributed by atoms with Crippen molar-refractivity contribution in [2.24, 2.45) is 0 Å². The number of aryl methyl sites for hydroxylation is 1. The molecule has 2 N–H and O–H groups in total. The Morgan fingerprint density at radius 3 is 2.58 bits per heavy atom. The second-order valence-corrected chi connectivity index (χ2v) is 8.05. The maximum Gasteiger partial charge on any atom is 0.255 e. The Balaban J connectivity index is 1.67. The van der Waals surface area contributed by atoms with Crippen LogP contribution >= 0.6 is 0 Å². The first-order chi connectivity index (χ1) is 15.1. The number of hydrogen-bond acceptors (Lipinski definition) is 5. The van der Waals surface area contributed by atoms with Crippen LogP contribution in [0.15, 0.2) is 42.7 Å². The van der Waals surface area contributed by atoms with Gasteiger partial charge >= 0.3 is 0 Å². The Bertz CT molecular complexity index is 1070. The average Bonchev–Trinajstić information content (AvgIpc) is 3.23. The first-order valence-electron chi connectivity index (χ1n) is 11.1. The first kappa shape index (κ1) is 21.0. The van der Waals surface area contributed by atoms with Gasteiger partial charge in [-0.15, -0.1) is 0 Å². The highest BCUT2D eigenvalue weighted by Gasteiger charge is 2.24. The van der Waals surface area contributed by atoms with Crippen molar-refractivity contribution in [3.8, 4) is 0 Å². The van der Waals surface area contributed by atoms with Crippen LogP contribution in [0, 0.1) is 0 Å². The van der Waals surface area contributed by atoms with Gasteiger partial charge < -0.3 is 10.6 Å². The van der Waals surface area contributed by atoms with Crippen molar-refractivity contribution in [2.75, 3.05) is 5.32 Å². The summed E-state index contributed by atoms with van der Waals surface area (Å²) in [7, 11) is 0. The Hall–Kier alpha value is -3.22. The highest BCUT2D eigenvalue weighted by molar-refractivity contribution is 6.06. The number of ketones is 1. The third-order valence-electron chi connectivity index (χ3n) is 6.02. The molecular weight excluding hydrogens is 390 g/mol. The number of aromatic nitrogens is 3. The van der Waals surface area contributed by atoms with Gasteiger partial charge in [-0.25, -0.2) is 9.67 Å². The fourth-order valence-electron chi connectivity index (χ4n) is 4.22. The molecule has 1 fully saturated rings. The van der Waals surface area contributed by atoms with Crippen LogP contribution < -0.4 is 10.6 Å². The lowest BCUT2D eigenvalue weighted by molar-refractivity contribution is -0.120. The molecule has 1 aliphatic carbocycles. The van der Waals surface area contributed by atoms with Crippen molar-refractivity contribution in [3.05, 3.63) is 53.9 Å². The Kier molecular flexibility index (Phi) is 6.30. The van der Waals surface area contributed by atoms with E-state index < -0.39 is 0 Å². The molecule has 1 atom stereocenters. The van der Waals surface area contributed by atoms with Crippen molar-refractivity contribution in [2.45, 2.75) is 64.6 Å². The molecule has 0 aliphatic heterocycles. The van der Waals surface area contributed by atoms with Crippen molar-refractivity contribution in [3.63, 3.8) is 0 Å². The fourth-order valence-corrected chi connectivity index (χ4v) is 4.22. The monoisotopic (exact) mass is 419 g/mol. The summed E-state index contributed by atoms with van der Waals surface area (Å²) in [4.78, 5) is 29.6. The van der Waals surface area contributed by atoms with Crippen molar-refractivity contribution in [1.29, 1.82) is 0 Å². The number of carbonyl (C=O) groups is 2. The number of rotatable bonds is 7. The molecule has 0 spiro atoms. The number of nitrogens with one attached hydrogen (secondary N) is 2. The van der Waals surface area contributed by atoms with Gasteiger partial charge in [-0.1, -0.05) is 37.3 Å². The number of nitrogens with zero attached hydrogens (tertiary/aromatic N) is 3. The van der Waals surface area contributed by atoms with Gasteiger partial charge in [-0.05, 0) is 31.7 Å². The second kappa shape index (κ2) is 9.29. The van der Waals surface area contributed by atoms with Crippen LogP contribution in [-0.4, -0.2) is 32.5 Å². The lowest BCUT2D eigenvalue weighted by Crippen LogP contribution is -2.31. The number of pyridine rings is 1. The van der Waals surface area contributed by atoms with Crippen LogP contribution in [0.5, 0.6) is 0 Å². The van der Waals surface area contributed by atoms with E-state index in [0.29, 0.717) is 30.7 Å². The number of hydrogen-bond donors (Lipinski definition) is 2. The summed E-state index contributed by atoms with van der Waals surface area (Å²) in [5.74, 6) is 0.145. The molecule has 31 heavy (non-hydrogen) atoms. The predicted molar refractivity (Wildman–Crippen MR) is 121 cm³/mol. The van der Waals surface area contributed by atoms with Crippen molar-refractivity contribution in [1.82, 2.24) is 20.1 Å². The van der Waals surface area contributed by atoms with Crippen LogP contribution in [0.2, 0.25) is 0 Å². The summed E-state index contributed by atoms with van der Waals surface area (Å²) < 4.78 is 1.82. The van der Waals surface area contributed by atoms with Crippen LogP contribution in [0.3, 0.4) is 0 Å². The minimum atomic E-state index is -0.163. The summed E-state index contributed by atoms with van der Waals surface area (Å²) in [6.45, 7) is 4.77. The van der Waals surface area contributed by atoms with Gasteiger partial charge in [-0.2, -0.15) is 5.10 Å². The minimum Gasteiger partial charge on any atom is -0.381 e. The van der Waals surface area contributed by atoms with Crippen molar-refractivity contribution < 1.29 is 9.59 Å². The summed E-state index contributed by atoms with van der Waals surface area (Å²) in [5.41, 5.74) is 3.09. The molecule has 2 aromatic heterocycles. The maximum absolute atomic E-state index is 13.3. The maximum atomic E-state index is 13.3. The summed E-state index contributed by atoms with van der Waals surface area (Å²) in [6.07, 6.45) is 6.89. The largest absolute Gasteiger partial charge is 0.381 e. The summed E-state index contributed by atoms with van der Waals surface area (Å²) in [5, 5.41) is 12.0. The molecule has 0 bridgehead atoms. The molecule has 4 rings (SSSR count). The highest BCUT2D eigenvalue weighted by atomic mass is 16.1. The molecule has 2 heterocycles. The van der Waals surface area contributed by atoms with Crippen molar-refractivity contribution >= 4 is 28.4 Å². The van der Waals surface area contributed by atoms with Gasteiger partial charge in [0, 0.05) is 31.6 Å². The molecule has 1 amide bonds. The van der Waals surface area contributed by atoms with E-state index in [-0.39, 0.29) is 18.0 Å². The Morgan fingerprint density at radius 2 is 1.90 bits per heavy atom. The van der Waals surface area contributed by atoms with Gasteiger partial charge in [0.15, 0.2) is 5.65 Å². The topological polar surface area (TPSA) is 88.9 Å². The molecule has 1 saturated carbocycles. The number of amides is 1. The van der Waals surface area contributed by atoms with Crippen LogP contribution in [0.1, 0.15) is 67.9 Å². The van der Waals surface area contributed by atoms with E-state index in [1.807, 2.05) is 41.9 Å². The first-order valence-corrected chi connectivity index (χ1v) is 11.1. The van der Waals surface area contributed by atoms with E-state index in [9.17, 15) is 9.59 Å². The molecule has 1 aliphatic rings. The van der Waals surface area contributed by atoms with E-state index in [1.165, 1.54) is 0 Å². The molecule has 0 unspecified atom stereocenters. The van der Waals surface area contributed by atoms with Crippen LogP contribution in [-0.2, 0) is 11.3 Å². The fraction of sp³-hybridized carbons (Fsp3) is 0.417. The summed E-state index contributed by atoms with van der Waals surface area (Å²) in [6, 6.07) is 10.1. The van der Waals surface area contributed by atoms with E-state index in [1.54, 1.807) is 12.4 Å². The smallest absolute Gasteiger partial charge is 0.255 e. The molecule has 7 nitrogen and oxygen atoms in total. The normalized spacial score (nSPS) is 15.7. The molecular formula is C24H29N5O2. The van der Waals surface area contributed by atoms with Gasteiger partial charge in [0.25, 0.3) is 5.91 Å². The molecule has 0 radical (unpaired) electrons. The summed E-state index contributed by atoms with van der Waals surface area (Å²) >= 11 is 0. The highest BCUT2D eigenvalue weighted by Crippen LogP contribution is 2.30. The van der Waals surface area contributed by atoms with Gasteiger partial charge in [0.05, 0.1) is 28.9 Å². The Morgan fingerprint density at radius 1 is 1.16 bits per heavy atom. The molecule has 3 aromatic rings. The quantitative estimate of drug-likeness (QED) is 0.597. The SMILES string of the molecule is CC[C@@H](NC(=O)c1cnc2c(cnn2CC)c1NC1CCC(=O)CC1)c1ccccc1. The second-order valence-electron chi connectivity index (χ2n) is 8.05. The number of Topliss-reactive ketones (excluding diaryl/α,β-unsaturated/α-hetero) is 1. The number of anilines is 1. The van der Waals surface area contributed by atoms with E-state index in [2.05, 4.69) is 27.6 Å². The molecule has 1 aromatic carbocycles. The van der Waals surface area contributed by atoms with E-state index >= 15 is 0 Å². The van der Waals surface area contributed by atoms with Gasteiger partial charge in [0.1, 0.15) is 5.78 Å². The third-order valence-corrected chi connectivity index (χ3v) is 6.02. The van der Waals surface area contributed by atoms with E-state index in [4.69, 9.17) is 0 Å². The lowest BCUT2D eigenvalue weighted by Gasteiger charge is -2.25. The van der Waals surface area contributed by atoms with Crippen LogP contribution in [0.25, 0.3) is 11.0 Å². The zero-order valence-electron chi connectivity index (χ0n) is 18.1. The molecule has 7 heteroatoms. The predicted octanol–water partition coefficient (Wildman–Crippen LogP) is 4.26. The third kappa shape index (κ3) is 4.45. The van der Waals surface area contributed by atoms with E-state index in [0.717, 1.165) is 41.5 Å². The molecule has 0 saturated heterocycles.